The molecule has 0 radical (unpaired) electrons. The first kappa shape index (κ1) is 21.0. The van der Waals surface area contributed by atoms with Gasteiger partial charge in [0.2, 0.25) is 5.91 Å². The molecule has 25 heavy (non-hydrogen) atoms. The molecule has 0 saturated carbocycles. The minimum Gasteiger partial charge on any atom is -0.480 e. The van der Waals surface area contributed by atoms with Gasteiger partial charge in [-0.1, -0.05) is 20.8 Å². The molecule has 1 fully saturated rings. The van der Waals surface area contributed by atoms with E-state index in [1.54, 1.807) is 20.8 Å². The highest BCUT2D eigenvalue weighted by atomic mass is 19.4. The maximum absolute atomic E-state index is 12.9. The van der Waals surface area contributed by atoms with Gasteiger partial charge in [-0.15, -0.1) is 0 Å². The number of carboxylic acid groups (broad SMARTS) is 1. The van der Waals surface area contributed by atoms with Crippen molar-refractivity contribution in [2.24, 2.45) is 11.3 Å². The molecule has 7 nitrogen and oxygen atoms in total. The van der Waals surface area contributed by atoms with Gasteiger partial charge in [0, 0.05) is 6.54 Å². The molecule has 1 rings (SSSR count). The minimum atomic E-state index is -4.52. The Kier molecular flexibility index (Phi) is 6.30. The van der Waals surface area contributed by atoms with Crippen LogP contribution in [0.15, 0.2) is 0 Å². The Morgan fingerprint density at radius 3 is 2.20 bits per heavy atom. The molecule has 1 aliphatic heterocycles. The lowest BCUT2D eigenvalue weighted by atomic mass is 9.83. The SMILES string of the molecule is COC(=O)N[C@H](C(=O)N1CC[C@@H](C(F)(F)F)C[C@H]1C(=O)O)C(C)(C)C. The van der Waals surface area contributed by atoms with Crippen molar-refractivity contribution in [3.05, 3.63) is 0 Å². The van der Waals surface area contributed by atoms with Crippen LogP contribution in [0.4, 0.5) is 18.0 Å². The summed E-state index contributed by atoms with van der Waals surface area (Å²) in [5, 5.41) is 11.6. The summed E-state index contributed by atoms with van der Waals surface area (Å²) < 4.78 is 43.2. The molecule has 3 atom stereocenters. The standard InChI is InChI=1S/C15H23F3N2O5/c1-14(2,3)10(19-13(24)25-4)11(21)20-6-5-8(15(16,17)18)7-9(20)12(22)23/h8-10H,5-7H2,1-4H3,(H,19,24)(H,22,23)/t8-,9+,10-/m1/s1. The summed E-state index contributed by atoms with van der Waals surface area (Å²) in [6.45, 7) is 4.58. The maximum atomic E-state index is 12.9. The fourth-order valence-electron chi connectivity index (χ4n) is 2.75. The molecule has 0 aliphatic carbocycles. The van der Waals surface area contributed by atoms with E-state index in [0.29, 0.717) is 0 Å². The number of alkyl halides is 3. The fraction of sp³-hybridized carbons (Fsp3) is 0.800. The number of methoxy groups -OCH3 is 1. The summed E-state index contributed by atoms with van der Waals surface area (Å²) in [4.78, 5) is 36.6. The van der Waals surface area contributed by atoms with E-state index in [2.05, 4.69) is 10.1 Å². The number of carboxylic acids is 1. The maximum Gasteiger partial charge on any atom is 0.407 e. The second-order valence-electron chi connectivity index (χ2n) is 7.08. The molecular formula is C15H23F3N2O5. The fourth-order valence-corrected chi connectivity index (χ4v) is 2.75. The summed E-state index contributed by atoms with van der Waals surface area (Å²) in [7, 11) is 1.11. The molecule has 2 amide bonds. The summed E-state index contributed by atoms with van der Waals surface area (Å²) in [5.41, 5.74) is -0.796. The van der Waals surface area contributed by atoms with Gasteiger partial charge in [0.25, 0.3) is 0 Å². The van der Waals surface area contributed by atoms with E-state index in [9.17, 15) is 32.7 Å². The molecule has 0 unspecified atom stereocenters. The smallest absolute Gasteiger partial charge is 0.407 e. The van der Waals surface area contributed by atoms with Crippen molar-refractivity contribution in [2.75, 3.05) is 13.7 Å². The van der Waals surface area contributed by atoms with Crippen LogP contribution < -0.4 is 5.32 Å². The number of hydrogen-bond acceptors (Lipinski definition) is 4. The number of halogens is 3. The molecule has 144 valence electrons. The van der Waals surface area contributed by atoms with Crippen LogP contribution in [0, 0.1) is 11.3 Å². The number of nitrogens with zero attached hydrogens (tertiary/aromatic N) is 1. The van der Waals surface area contributed by atoms with Crippen molar-refractivity contribution in [3.8, 4) is 0 Å². The average Bonchev–Trinajstić information content (AvgIpc) is 2.48. The van der Waals surface area contributed by atoms with Crippen LogP contribution in [0.2, 0.25) is 0 Å². The van der Waals surface area contributed by atoms with Crippen LogP contribution in [0.25, 0.3) is 0 Å². The monoisotopic (exact) mass is 368 g/mol. The van der Waals surface area contributed by atoms with Crippen molar-refractivity contribution in [3.63, 3.8) is 0 Å². The Hall–Kier alpha value is -2.00. The van der Waals surface area contributed by atoms with Crippen molar-refractivity contribution in [1.29, 1.82) is 0 Å². The van der Waals surface area contributed by atoms with Gasteiger partial charge in [0.05, 0.1) is 13.0 Å². The molecule has 0 bridgehead atoms. The Morgan fingerprint density at radius 2 is 1.80 bits per heavy atom. The quantitative estimate of drug-likeness (QED) is 0.794. The second-order valence-corrected chi connectivity index (χ2v) is 7.08. The third-order valence-electron chi connectivity index (χ3n) is 4.19. The minimum absolute atomic E-state index is 0.352. The van der Waals surface area contributed by atoms with Crippen molar-refractivity contribution < 1.29 is 37.4 Å². The van der Waals surface area contributed by atoms with Gasteiger partial charge in [-0.2, -0.15) is 13.2 Å². The number of piperidine rings is 1. The predicted octanol–water partition coefficient (Wildman–Crippen LogP) is 2.01. The summed E-state index contributed by atoms with van der Waals surface area (Å²) in [6.07, 6.45) is -6.49. The first-order valence-corrected chi connectivity index (χ1v) is 7.73. The van der Waals surface area contributed by atoms with Crippen molar-refractivity contribution in [1.82, 2.24) is 10.2 Å². The zero-order valence-electron chi connectivity index (χ0n) is 14.5. The lowest BCUT2D eigenvalue weighted by molar-refractivity contribution is -0.195. The summed E-state index contributed by atoms with van der Waals surface area (Å²) in [5.74, 6) is -4.03. The Bertz CT molecular complexity index is 530. The highest BCUT2D eigenvalue weighted by Gasteiger charge is 2.49. The zero-order valence-corrected chi connectivity index (χ0v) is 14.5. The average molecular weight is 368 g/mol. The Balaban J connectivity index is 3.07. The predicted molar refractivity (Wildman–Crippen MR) is 80.7 cm³/mol. The van der Waals surface area contributed by atoms with Crippen LogP contribution in [0.3, 0.4) is 0 Å². The first-order valence-electron chi connectivity index (χ1n) is 7.73. The number of alkyl carbamates (subject to hydrolysis) is 1. The first-order chi connectivity index (χ1) is 11.3. The number of carbonyl (C=O) groups excluding carboxylic acids is 2. The number of carbonyl (C=O) groups is 3. The van der Waals surface area contributed by atoms with E-state index in [4.69, 9.17) is 0 Å². The molecule has 1 heterocycles. The van der Waals surface area contributed by atoms with Gasteiger partial charge in [0.15, 0.2) is 0 Å². The van der Waals surface area contributed by atoms with Crippen molar-refractivity contribution in [2.45, 2.75) is 51.9 Å². The normalized spacial score (nSPS) is 22.9. The largest absolute Gasteiger partial charge is 0.480 e. The molecule has 0 aromatic heterocycles. The number of aliphatic carboxylic acids is 1. The van der Waals surface area contributed by atoms with Crippen molar-refractivity contribution >= 4 is 18.0 Å². The third kappa shape index (κ3) is 5.23. The lowest BCUT2D eigenvalue weighted by Crippen LogP contribution is -2.60. The van der Waals surface area contributed by atoms with Gasteiger partial charge < -0.3 is 20.1 Å². The van der Waals surface area contributed by atoms with Crippen LogP contribution in [-0.4, -0.2) is 59.9 Å². The Labute approximate surface area is 143 Å². The van der Waals surface area contributed by atoms with E-state index >= 15 is 0 Å². The van der Waals surface area contributed by atoms with E-state index < -0.39 is 54.0 Å². The number of hydrogen-bond donors (Lipinski definition) is 2. The number of likely N-dealkylation sites (tertiary alicyclic amines) is 1. The highest BCUT2D eigenvalue weighted by molar-refractivity contribution is 5.90. The molecule has 10 heteroatoms. The second kappa shape index (κ2) is 7.49. The van der Waals surface area contributed by atoms with Gasteiger partial charge >= 0.3 is 18.2 Å². The zero-order chi connectivity index (χ0) is 19.6. The third-order valence-corrected chi connectivity index (χ3v) is 4.19. The number of rotatable bonds is 3. The van der Waals surface area contributed by atoms with Crippen LogP contribution >= 0.6 is 0 Å². The topological polar surface area (TPSA) is 95.9 Å². The molecule has 0 aromatic carbocycles. The van der Waals surface area contributed by atoms with Crippen LogP contribution in [0.5, 0.6) is 0 Å². The summed E-state index contributed by atoms with van der Waals surface area (Å²) in [6, 6.07) is -2.73. The molecule has 1 saturated heterocycles. The van der Waals surface area contributed by atoms with Crippen LogP contribution in [0.1, 0.15) is 33.6 Å². The Morgan fingerprint density at radius 1 is 1.24 bits per heavy atom. The summed E-state index contributed by atoms with van der Waals surface area (Å²) >= 11 is 0. The van der Waals surface area contributed by atoms with Gasteiger partial charge in [-0.25, -0.2) is 9.59 Å². The van der Waals surface area contributed by atoms with E-state index in [1.807, 2.05) is 0 Å². The molecule has 0 aromatic rings. The van der Waals surface area contributed by atoms with Crippen LogP contribution in [-0.2, 0) is 14.3 Å². The van der Waals surface area contributed by atoms with E-state index in [0.717, 1.165) is 12.0 Å². The number of nitrogens with one attached hydrogen (secondary N) is 1. The van der Waals surface area contributed by atoms with Gasteiger partial charge in [0.1, 0.15) is 12.1 Å². The molecule has 0 spiro atoms. The number of amides is 2. The van der Waals surface area contributed by atoms with Gasteiger partial charge in [-0.05, 0) is 18.3 Å². The van der Waals surface area contributed by atoms with Gasteiger partial charge in [-0.3, -0.25) is 4.79 Å². The lowest BCUT2D eigenvalue weighted by Gasteiger charge is -2.41. The number of ether oxygens (including phenoxy) is 1. The molecule has 1 aliphatic rings. The molecule has 2 N–H and O–H groups in total. The molecular weight excluding hydrogens is 345 g/mol. The van der Waals surface area contributed by atoms with E-state index in [1.165, 1.54) is 0 Å². The van der Waals surface area contributed by atoms with E-state index in [-0.39, 0.29) is 13.0 Å². The highest BCUT2D eigenvalue weighted by Crippen LogP contribution is 2.37.